The Morgan fingerprint density at radius 3 is 1.83 bits per heavy atom. The van der Waals surface area contributed by atoms with Gasteiger partial charge in [-0.1, -0.05) is 80.6 Å². The topological polar surface area (TPSA) is 4.93 Å². The molecule has 0 aliphatic heterocycles. The van der Waals surface area contributed by atoms with Gasteiger partial charge >= 0.3 is 0 Å². The molecule has 6 rings (SSSR count). The highest BCUT2D eigenvalue weighted by Gasteiger charge is 2.40. The first-order chi connectivity index (χ1) is 14.8. The van der Waals surface area contributed by atoms with Crippen molar-refractivity contribution in [3.8, 4) is 16.8 Å². The number of aromatic nitrogens is 1. The molecule has 1 aromatic heterocycles. The van der Waals surface area contributed by atoms with Gasteiger partial charge in [0.1, 0.15) is 0 Å². The Hall–Kier alpha value is -3.32. The summed E-state index contributed by atoms with van der Waals surface area (Å²) >= 11 is 0. The number of rotatable bonds is 3. The van der Waals surface area contributed by atoms with Crippen LogP contribution < -0.4 is 0 Å². The zero-order valence-electron chi connectivity index (χ0n) is 17.5. The first-order valence-electron chi connectivity index (χ1n) is 11.0. The monoisotopic (exact) mass is 387 g/mol. The number of para-hydroxylation sites is 2. The summed E-state index contributed by atoms with van der Waals surface area (Å²) in [6.07, 6.45) is 2.23. The van der Waals surface area contributed by atoms with Crippen LogP contribution in [0, 0.1) is 0 Å². The lowest BCUT2D eigenvalue weighted by atomic mass is 9.74. The van der Waals surface area contributed by atoms with Crippen molar-refractivity contribution in [3.05, 3.63) is 102 Å². The smallest absolute Gasteiger partial charge is 0.0541 e. The van der Waals surface area contributed by atoms with E-state index in [0.29, 0.717) is 0 Å². The molecule has 0 saturated carbocycles. The van der Waals surface area contributed by atoms with Gasteiger partial charge in [0.2, 0.25) is 0 Å². The first-order valence-corrected chi connectivity index (χ1v) is 11.0. The highest BCUT2D eigenvalue weighted by atomic mass is 15.0. The van der Waals surface area contributed by atoms with E-state index in [0.717, 1.165) is 12.8 Å². The fraction of sp³-hybridized carbons (Fsp3) is 0.172. The van der Waals surface area contributed by atoms with E-state index in [1.54, 1.807) is 0 Å². The highest BCUT2D eigenvalue weighted by molar-refractivity contribution is 6.09. The molecule has 5 aromatic rings. The van der Waals surface area contributed by atoms with Gasteiger partial charge in [0, 0.05) is 21.9 Å². The van der Waals surface area contributed by atoms with Crippen LogP contribution in [0.5, 0.6) is 0 Å². The molecule has 0 unspecified atom stereocenters. The van der Waals surface area contributed by atoms with Crippen LogP contribution in [-0.4, -0.2) is 4.57 Å². The molecule has 1 heteroatoms. The molecule has 0 spiro atoms. The van der Waals surface area contributed by atoms with Gasteiger partial charge < -0.3 is 4.57 Å². The van der Waals surface area contributed by atoms with E-state index in [4.69, 9.17) is 0 Å². The summed E-state index contributed by atoms with van der Waals surface area (Å²) in [6.45, 7) is 4.67. The van der Waals surface area contributed by atoms with E-state index in [-0.39, 0.29) is 5.41 Å². The third kappa shape index (κ3) is 2.13. The molecule has 0 bridgehead atoms. The Morgan fingerprint density at radius 2 is 1.17 bits per heavy atom. The second-order valence-corrected chi connectivity index (χ2v) is 8.43. The van der Waals surface area contributed by atoms with Gasteiger partial charge in [-0.25, -0.2) is 0 Å². The molecule has 1 aliphatic carbocycles. The number of fused-ring (bicyclic) bond motifs is 6. The Labute approximate surface area is 177 Å². The van der Waals surface area contributed by atoms with Crippen molar-refractivity contribution in [2.75, 3.05) is 0 Å². The van der Waals surface area contributed by atoms with E-state index in [1.807, 2.05) is 0 Å². The Balaban J connectivity index is 1.68. The molecule has 0 amide bonds. The van der Waals surface area contributed by atoms with Crippen molar-refractivity contribution in [3.63, 3.8) is 0 Å². The number of hydrogen-bond acceptors (Lipinski definition) is 0. The lowest BCUT2D eigenvalue weighted by Gasteiger charge is -2.30. The second-order valence-electron chi connectivity index (χ2n) is 8.43. The third-order valence-electron chi connectivity index (χ3n) is 7.30. The van der Waals surface area contributed by atoms with E-state index < -0.39 is 0 Å². The molecule has 4 aromatic carbocycles. The minimum atomic E-state index is 0.0979. The molecule has 1 aliphatic rings. The van der Waals surface area contributed by atoms with Crippen molar-refractivity contribution in [2.45, 2.75) is 32.1 Å². The van der Waals surface area contributed by atoms with Crippen LogP contribution in [0.1, 0.15) is 37.8 Å². The lowest BCUT2D eigenvalue weighted by molar-refractivity contribution is 0.490. The van der Waals surface area contributed by atoms with Crippen molar-refractivity contribution >= 4 is 21.8 Å². The first kappa shape index (κ1) is 17.5. The molecule has 0 atom stereocenters. The van der Waals surface area contributed by atoms with Crippen LogP contribution in [0.2, 0.25) is 0 Å². The maximum absolute atomic E-state index is 2.46. The second kappa shape index (κ2) is 6.34. The fourth-order valence-electron chi connectivity index (χ4n) is 5.80. The maximum atomic E-state index is 2.46. The molecule has 0 radical (unpaired) electrons. The Kier molecular flexibility index (Phi) is 3.70. The van der Waals surface area contributed by atoms with Crippen LogP contribution in [0.3, 0.4) is 0 Å². The number of nitrogens with zero attached hydrogens (tertiary/aromatic N) is 1. The van der Waals surface area contributed by atoms with Crippen molar-refractivity contribution in [1.29, 1.82) is 0 Å². The predicted molar refractivity (Wildman–Crippen MR) is 128 cm³/mol. The molecule has 1 heterocycles. The van der Waals surface area contributed by atoms with Gasteiger partial charge in [-0.05, 0) is 59.4 Å². The van der Waals surface area contributed by atoms with Gasteiger partial charge in [0.25, 0.3) is 0 Å². The zero-order valence-corrected chi connectivity index (χ0v) is 17.5. The standard InChI is InChI=1S/C29H25N/c1-3-29(4-2)25-14-8-5-11-21(25)22-18-17-20(19-26(22)29)30-27-15-9-6-12-23(27)24-13-7-10-16-28(24)30/h5-19H,3-4H2,1-2H3. The molecular weight excluding hydrogens is 362 g/mol. The summed E-state index contributed by atoms with van der Waals surface area (Å²) < 4.78 is 2.43. The Morgan fingerprint density at radius 1 is 0.600 bits per heavy atom. The van der Waals surface area contributed by atoms with Crippen molar-refractivity contribution < 1.29 is 0 Å². The van der Waals surface area contributed by atoms with E-state index in [1.165, 1.54) is 49.7 Å². The zero-order chi connectivity index (χ0) is 20.3. The summed E-state index contributed by atoms with van der Waals surface area (Å²) in [5.74, 6) is 0. The summed E-state index contributed by atoms with van der Waals surface area (Å²) in [6, 6.07) is 33.6. The van der Waals surface area contributed by atoms with Gasteiger partial charge in [0.15, 0.2) is 0 Å². The van der Waals surface area contributed by atoms with Gasteiger partial charge in [-0.3, -0.25) is 0 Å². The third-order valence-corrected chi connectivity index (χ3v) is 7.30. The SMILES string of the molecule is CCC1(CC)c2ccccc2-c2ccc(-n3c4ccccc4c4ccccc43)cc21. The maximum Gasteiger partial charge on any atom is 0.0541 e. The predicted octanol–water partition coefficient (Wildman–Crippen LogP) is 7.87. The van der Waals surface area contributed by atoms with Gasteiger partial charge in [0.05, 0.1) is 11.0 Å². The van der Waals surface area contributed by atoms with E-state index in [2.05, 4.69) is 109 Å². The molecule has 0 fully saturated rings. The van der Waals surface area contributed by atoms with E-state index >= 15 is 0 Å². The summed E-state index contributed by atoms with van der Waals surface area (Å²) in [4.78, 5) is 0. The summed E-state index contributed by atoms with van der Waals surface area (Å²) in [5.41, 5.74) is 9.67. The average Bonchev–Trinajstić information content (AvgIpc) is 3.29. The molecule has 0 saturated heterocycles. The number of hydrogen-bond donors (Lipinski definition) is 0. The van der Waals surface area contributed by atoms with E-state index in [9.17, 15) is 0 Å². The molecule has 146 valence electrons. The molecule has 0 N–H and O–H groups in total. The minimum absolute atomic E-state index is 0.0979. The summed E-state index contributed by atoms with van der Waals surface area (Å²) in [7, 11) is 0. The Bertz CT molecular complexity index is 1360. The van der Waals surface area contributed by atoms with Crippen molar-refractivity contribution in [1.82, 2.24) is 4.57 Å². The lowest BCUT2D eigenvalue weighted by Crippen LogP contribution is -2.23. The van der Waals surface area contributed by atoms with Crippen LogP contribution in [0.15, 0.2) is 91.0 Å². The normalized spacial score (nSPS) is 14.2. The minimum Gasteiger partial charge on any atom is -0.309 e. The van der Waals surface area contributed by atoms with Crippen LogP contribution >= 0.6 is 0 Å². The quantitative estimate of drug-likeness (QED) is 0.297. The molecule has 30 heavy (non-hydrogen) atoms. The average molecular weight is 388 g/mol. The molecule has 1 nitrogen and oxygen atoms in total. The van der Waals surface area contributed by atoms with Gasteiger partial charge in [-0.2, -0.15) is 0 Å². The van der Waals surface area contributed by atoms with Crippen molar-refractivity contribution in [2.24, 2.45) is 0 Å². The van der Waals surface area contributed by atoms with Crippen LogP contribution in [0.25, 0.3) is 38.6 Å². The fourth-order valence-corrected chi connectivity index (χ4v) is 5.80. The molecular formula is C29H25N. The van der Waals surface area contributed by atoms with Crippen LogP contribution in [0.4, 0.5) is 0 Å². The largest absolute Gasteiger partial charge is 0.309 e. The van der Waals surface area contributed by atoms with Crippen LogP contribution in [-0.2, 0) is 5.41 Å². The number of benzene rings is 4. The van der Waals surface area contributed by atoms with Gasteiger partial charge in [-0.15, -0.1) is 0 Å². The summed E-state index contributed by atoms with van der Waals surface area (Å²) in [5, 5.41) is 2.63. The highest BCUT2D eigenvalue weighted by Crippen LogP contribution is 2.53.